The third kappa shape index (κ3) is 11.4. The van der Waals surface area contributed by atoms with E-state index < -0.39 is 26.9 Å². The molecule has 154 valence electrons. The second kappa shape index (κ2) is 10.5. The molecule has 0 aliphatic carbocycles. The number of nitrogens with zero attached hydrogens (tertiary/aromatic N) is 1. The number of aromatic hydroxyl groups is 1. The maximum Gasteiger partial charge on any atom is 0.663 e. The van der Waals surface area contributed by atoms with Crippen molar-refractivity contribution in [3.8, 4) is 5.75 Å². The SMILES string of the molecule is Oc1ccccc1C=NCCNCCC[Si](O)(O[Si](O)(O)O)O[Si](O)(O)O. The van der Waals surface area contributed by atoms with Crippen LogP contribution in [-0.2, 0) is 8.23 Å². The van der Waals surface area contributed by atoms with Crippen molar-refractivity contribution < 1.29 is 46.9 Å². The fourth-order valence-corrected chi connectivity index (χ4v) is 7.42. The van der Waals surface area contributed by atoms with Crippen LogP contribution in [-0.4, -0.2) is 91.4 Å². The van der Waals surface area contributed by atoms with E-state index in [0.29, 0.717) is 25.2 Å². The van der Waals surface area contributed by atoms with Crippen molar-refractivity contribution in [1.29, 1.82) is 0 Å². The highest BCUT2D eigenvalue weighted by atomic mass is 28.5. The van der Waals surface area contributed by atoms with Crippen molar-refractivity contribution in [2.24, 2.45) is 4.99 Å². The minimum atomic E-state index is -5.20. The molecular formula is C12H24N2O10Si3. The molecule has 27 heavy (non-hydrogen) atoms. The van der Waals surface area contributed by atoms with Crippen LogP contribution in [0.4, 0.5) is 0 Å². The molecule has 15 heteroatoms. The standard InChI is InChI=1S/C12H24N2O10Si3/c15-12-5-2-1-4-11(12)10-14-8-7-13-6-3-9-25(16,23-26(17,18)19)24-27(20,21)22/h1-2,4-5,10,13,15-22H,3,6-9H2. The highest BCUT2D eigenvalue weighted by Crippen LogP contribution is 2.17. The third-order valence-corrected chi connectivity index (χ3v) is 8.75. The molecular weight excluding hydrogens is 416 g/mol. The second-order valence-electron chi connectivity index (χ2n) is 5.51. The zero-order chi connectivity index (χ0) is 20.6. The number of aliphatic imine (C=N–C) groups is 1. The maximum atomic E-state index is 10.0. The first kappa shape index (κ1) is 24.0. The van der Waals surface area contributed by atoms with E-state index in [4.69, 9.17) is 28.8 Å². The van der Waals surface area contributed by atoms with Gasteiger partial charge >= 0.3 is 26.9 Å². The van der Waals surface area contributed by atoms with E-state index in [2.05, 4.69) is 18.5 Å². The van der Waals surface area contributed by atoms with Gasteiger partial charge in [-0.15, -0.1) is 0 Å². The van der Waals surface area contributed by atoms with E-state index in [-0.39, 0.29) is 18.2 Å². The fourth-order valence-electron chi connectivity index (χ4n) is 2.02. The smallest absolute Gasteiger partial charge is 0.507 e. The molecule has 9 N–H and O–H groups in total. The topological polar surface area (TPSA) is 205 Å². The first-order valence-electron chi connectivity index (χ1n) is 7.86. The zero-order valence-corrected chi connectivity index (χ0v) is 17.3. The summed E-state index contributed by atoms with van der Waals surface area (Å²) in [7, 11) is -15.0. The lowest BCUT2D eigenvalue weighted by molar-refractivity contribution is 0.0490. The Morgan fingerprint density at radius 1 is 0.926 bits per heavy atom. The molecule has 0 aromatic heterocycles. The maximum absolute atomic E-state index is 10.0. The fraction of sp³-hybridized carbons (Fsp3) is 0.417. The summed E-state index contributed by atoms with van der Waals surface area (Å²) in [5.74, 6) is 0.117. The molecule has 0 saturated heterocycles. The van der Waals surface area contributed by atoms with Crippen molar-refractivity contribution in [2.75, 3.05) is 19.6 Å². The summed E-state index contributed by atoms with van der Waals surface area (Å²) in [6, 6.07) is 6.32. The van der Waals surface area contributed by atoms with Crippen molar-refractivity contribution in [3.05, 3.63) is 29.8 Å². The van der Waals surface area contributed by atoms with E-state index in [9.17, 15) is 9.90 Å². The van der Waals surface area contributed by atoms with Gasteiger partial charge in [0.25, 0.3) is 0 Å². The number of benzene rings is 1. The second-order valence-corrected chi connectivity index (χ2v) is 11.4. The Bertz CT molecular complexity index is 592. The quantitative estimate of drug-likeness (QED) is 0.0888. The molecule has 0 heterocycles. The molecule has 0 unspecified atom stereocenters. The summed E-state index contributed by atoms with van der Waals surface area (Å²) in [6.07, 6.45) is 1.66. The molecule has 0 spiro atoms. The van der Waals surface area contributed by atoms with Gasteiger partial charge < -0.3 is 52.2 Å². The number of phenolic OH excluding ortho intramolecular Hbond substituents is 1. The molecule has 1 aromatic carbocycles. The van der Waals surface area contributed by atoms with Crippen LogP contribution in [0.2, 0.25) is 6.04 Å². The number of phenols is 1. The van der Waals surface area contributed by atoms with Gasteiger partial charge in [0.1, 0.15) is 5.75 Å². The first-order valence-corrected chi connectivity index (χ1v) is 13.3. The van der Waals surface area contributed by atoms with E-state index in [1.165, 1.54) is 6.21 Å². The molecule has 0 radical (unpaired) electrons. The molecule has 0 aliphatic rings. The summed E-state index contributed by atoms with van der Waals surface area (Å²) in [6.45, 7) is 1.13. The monoisotopic (exact) mass is 440 g/mol. The lowest BCUT2D eigenvalue weighted by atomic mass is 10.2. The van der Waals surface area contributed by atoms with Crippen LogP contribution >= 0.6 is 0 Å². The lowest BCUT2D eigenvalue weighted by Gasteiger charge is -2.28. The largest absolute Gasteiger partial charge is 0.663 e. The number of para-hydroxylation sites is 1. The van der Waals surface area contributed by atoms with Gasteiger partial charge in [0, 0.05) is 24.4 Å². The Morgan fingerprint density at radius 2 is 1.52 bits per heavy atom. The Hall–Kier alpha value is -1.06. The van der Waals surface area contributed by atoms with E-state index in [0.717, 1.165) is 0 Å². The van der Waals surface area contributed by atoms with Gasteiger partial charge in [-0.2, -0.15) is 0 Å². The van der Waals surface area contributed by atoms with Crippen LogP contribution in [0.3, 0.4) is 0 Å². The Labute approximate surface area is 158 Å². The normalized spacial score (nSPS) is 13.4. The number of hydrogen-bond acceptors (Lipinski definition) is 12. The molecule has 0 atom stereocenters. The molecule has 0 fully saturated rings. The molecule has 0 amide bonds. The Kier molecular flexibility index (Phi) is 9.30. The van der Waals surface area contributed by atoms with Gasteiger partial charge in [0.05, 0.1) is 6.54 Å². The third-order valence-electron chi connectivity index (χ3n) is 3.02. The predicted octanol–water partition coefficient (Wildman–Crippen LogP) is -3.42. The van der Waals surface area contributed by atoms with E-state index >= 15 is 0 Å². The van der Waals surface area contributed by atoms with Crippen LogP contribution < -0.4 is 5.32 Å². The number of rotatable bonds is 12. The molecule has 0 saturated carbocycles. The highest BCUT2D eigenvalue weighted by Gasteiger charge is 2.53. The molecule has 1 rings (SSSR count). The minimum Gasteiger partial charge on any atom is -0.507 e. The van der Waals surface area contributed by atoms with Crippen molar-refractivity contribution in [1.82, 2.24) is 5.32 Å². The zero-order valence-electron chi connectivity index (χ0n) is 14.3. The van der Waals surface area contributed by atoms with Crippen LogP contribution in [0.5, 0.6) is 5.75 Å². The molecule has 0 bridgehead atoms. The molecule has 12 nitrogen and oxygen atoms in total. The summed E-state index contributed by atoms with van der Waals surface area (Å²) >= 11 is 0. The van der Waals surface area contributed by atoms with Gasteiger partial charge in [-0.1, -0.05) is 12.1 Å². The predicted molar refractivity (Wildman–Crippen MR) is 97.8 cm³/mol. The van der Waals surface area contributed by atoms with Gasteiger partial charge in [-0.05, 0) is 25.1 Å². The van der Waals surface area contributed by atoms with Crippen LogP contribution in [0.15, 0.2) is 29.3 Å². The van der Waals surface area contributed by atoms with Crippen LogP contribution in [0, 0.1) is 0 Å². The summed E-state index contributed by atoms with van der Waals surface area (Å²) in [5, 5.41) is 12.5. The van der Waals surface area contributed by atoms with Crippen molar-refractivity contribution >= 4 is 33.1 Å². The number of hydrogen-bond donors (Lipinski definition) is 9. The van der Waals surface area contributed by atoms with E-state index in [1.54, 1.807) is 24.3 Å². The number of nitrogens with one attached hydrogen (secondary N) is 1. The Morgan fingerprint density at radius 3 is 2.07 bits per heavy atom. The van der Waals surface area contributed by atoms with Gasteiger partial charge in [0.15, 0.2) is 0 Å². The first-order chi connectivity index (χ1) is 12.4. The van der Waals surface area contributed by atoms with Gasteiger partial charge in [0.2, 0.25) is 0 Å². The Balaban J connectivity index is 2.34. The van der Waals surface area contributed by atoms with Crippen LogP contribution in [0.1, 0.15) is 12.0 Å². The average molecular weight is 441 g/mol. The average Bonchev–Trinajstić information content (AvgIpc) is 2.47. The van der Waals surface area contributed by atoms with Gasteiger partial charge in [-0.3, -0.25) is 4.99 Å². The van der Waals surface area contributed by atoms with Crippen molar-refractivity contribution in [2.45, 2.75) is 12.5 Å². The summed E-state index contributed by atoms with van der Waals surface area (Å²) in [5.41, 5.74) is 0.581. The van der Waals surface area contributed by atoms with Crippen LogP contribution in [0.25, 0.3) is 0 Å². The minimum absolute atomic E-state index is 0.117. The summed E-state index contributed by atoms with van der Waals surface area (Å²) in [4.78, 5) is 67.6. The molecule has 1 aromatic rings. The van der Waals surface area contributed by atoms with Gasteiger partial charge in [-0.25, -0.2) is 0 Å². The molecule has 0 aliphatic heterocycles. The van der Waals surface area contributed by atoms with E-state index in [1.807, 2.05) is 0 Å². The highest BCUT2D eigenvalue weighted by molar-refractivity contribution is 6.75. The van der Waals surface area contributed by atoms with Crippen molar-refractivity contribution in [3.63, 3.8) is 0 Å². The summed E-state index contributed by atoms with van der Waals surface area (Å²) < 4.78 is 8.53. The lowest BCUT2D eigenvalue weighted by Crippen LogP contribution is -2.60.